The van der Waals surface area contributed by atoms with Gasteiger partial charge in [0, 0.05) is 43.4 Å². The highest BCUT2D eigenvalue weighted by Crippen LogP contribution is 2.41. The van der Waals surface area contributed by atoms with Gasteiger partial charge in [-0.15, -0.1) is 0 Å². The summed E-state index contributed by atoms with van der Waals surface area (Å²) in [6.07, 6.45) is -7.57. The van der Waals surface area contributed by atoms with Crippen LogP contribution in [0, 0.1) is 0 Å². The first-order chi connectivity index (χ1) is 19.6. The Labute approximate surface area is 259 Å². The van der Waals surface area contributed by atoms with Crippen LogP contribution in [0.2, 0.25) is 20.1 Å². The zero-order valence-corrected chi connectivity index (χ0v) is 24.7. The van der Waals surface area contributed by atoms with Gasteiger partial charge in [-0.1, -0.05) is 70.7 Å². The molecule has 218 valence electrons. The fourth-order valence-corrected chi connectivity index (χ4v) is 6.72. The molecule has 0 fully saturated rings. The molecule has 0 aliphatic carbocycles. The van der Waals surface area contributed by atoms with Gasteiger partial charge in [0.2, 0.25) is 0 Å². The fraction of sp³-hybridized carbons (Fsp3) is 0.0667. The molecular weight excluding hydrogens is 664 g/mol. The molecule has 0 bridgehead atoms. The van der Waals surface area contributed by atoms with Gasteiger partial charge in [-0.25, -0.2) is 4.21 Å². The van der Waals surface area contributed by atoms with Crippen LogP contribution < -0.4 is 0 Å². The molecule has 42 heavy (non-hydrogen) atoms. The van der Waals surface area contributed by atoms with Gasteiger partial charge in [0.25, 0.3) is 0 Å². The highest BCUT2D eigenvalue weighted by Gasteiger charge is 2.26. The Balaban J connectivity index is 2.04. The predicted octanol–water partition coefficient (Wildman–Crippen LogP) is 12.0. The second-order valence-corrected chi connectivity index (χ2v) is 11.9. The Hall–Kier alpha value is -2.75. The molecule has 0 saturated carbocycles. The lowest BCUT2D eigenvalue weighted by molar-refractivity contribution is -0.0800. The van der Waals surface area contributed by atoms with Crippen molar-refractivity contribution in [2.75, 3.05) is 0 Å². The molecule has 0 aliphatic rings. The van der Waals surface area contributed by atoms with Crippen LogP contribution >= 0.6 is 46.4 Å². The highest BCUT2D eigenvalue weighted by molar-refractivity contribution is 7.85. The summed E-state index contributed by atoms with van der Waals surface area (Å²) in [7, 11) is -2.17. The van der Waals surface area contributed by atoms with E-state index >= 15 is 0 Å². The molecule has 0 saturated heterocycles. The molecule has 0 atom stereocenters. The highest BCUT2D eigenvalue weighted by atomic mass is 35.5. The van der Waals surface area contributed by atoms with Gasteiger partial charge in [0.15, 0.2) is 0 Å². The van der Waals surface area contributed by atoms with E-state index in [4.69, 9.17) is 46.4 Å². The summed E-state index contributed by atoms with van der Waals surface area (Å²) >= 11 is 24.8. The molecule has 4 aromatic rings. The number of halogens is 10. The number of hydrogen-bond acceptors (Lipinski definition) is 1. The Morgan fingerprint density at radius 2 is 0.881 bits per heavy atom. The topological polar surface area (TPSA) is 17.1 Å². The smallest absolute Gasteiger partial charge is 0.249 e. The largest absolute Gasteiger partial charge is 0.409 e. The van der Waals surface area contributed by atoms with Crippen LogP contribution in [0.15, 0.2) is 94.7 Å². The van der Waals surface area contributed by atoms with Gasteiger partial charge < -0.3 is 0 Å². The van der Waals surface area contributed by atoms with Crippen molar-refractivity contribution >= 4 is 69.4 Å². The lowest BCUT2D eigenvalue weighted by Crippen LogP contribution is -2.04. The number of hydrogen-bond donors (Lipinski definition) is 0. The predicted molar refractivity (Wildman–Crippen MR) is 159 cm³/mol. The quantitative estimate of drug-likeness (QED) is 0.185. The SMILES string of the molecule is O=S(c1cccc(/C=C/C(F)(F)F)c1-c1cc(Cl)cc(Cl)c1)c1cccc(/C=C/C(F)(F)F)c1-c1cc(Cl)cc(Cl)c1. The first-order valence-electron chi connectivity index (χ1n) is 11.7. The van der Waals surface area contributed by atoms with Gasteiger partial charge >= 0.3 is 12.4 Å². The summed E-state index contributed by atoms with van der Waals surface area (Å²) in [6, 6.07) is 17.2. The Morgan fingerprint density at radius 3 is 1.19 bits per heavy atom. The van der Waals surface area contributed by atoms with E-state index in [9.17, 15) is 30.6 Å². The van der Waals surface area contributed by atoms with Gasteiger partial charge in [-0.2, -0.15) is 26.3 Å². The summed E-state index contributed by atoms with van der Waals surface area (Å²) in [4.78, 5) is 0.118. The minimum Gasteiger partial charge on any atom is -0.249 e. The van der Waals surface area contributed by atoms with Crippen LogP contribution in [0.3, 0.4) is 0 Å². The van der Waals surface area contributed by atoms with Crippen molar-refractivity contribution in [3.63, 3.8) is 0 Å². The Morgan fingerprint density at radius 1 is 0.548 bits per heavy atom. The van der Waals surface area contributed by atoms with Crippen LogP contribution in [-0.2, 0) is 10.8 Å². The molecule has 0 spiro atoms. The molecule has 0 amide bonds. The first-order valence-corrected chi connectivity index (χ1v) is 14.4. The van der Waals surface area contributed by atoms with Crippen molar-refractivity contribution in [2.24, 2.45) is 0 Å². The lowest BCUT2D eigenvalue weighted by atomic mass is 9.99. The zero-order valence-electron chi connectivity index (χ0n) is 20.8. The summed E-state index contributed by atoms with van der Waals surface area (Å²) in [5, 5.41) is 0.713. The van der Waals surface area contributed by atoms with E-state index in [2.05, 4.69) is 0 Å². The van der Waals surface area contributed by atoms with Crippen LogP contribution in [0.25, 0.3) is 34.4 Å². The Kier molecular flexibility index (Phi) is 9.85. The van der Waals surface area contributed by atoms with E-state index in [1.165, 1.54) is 72.8 Å². The van der Waals surface area contributed by atoms with Crippen molar-refractivity contribution in [3.8, 4) is 22.3 Å². The number of rotatable bonds is 6. The molecule has 0 aromatic heterocycles. The summed E-state index contributed by atoms with van der Waals surface area (Å²) < 4.78 is 93.2. The molecule has 0 radical (unpaired) electrons. The van der Waals surface area contributed by atoms with Gasteiger partial charge in [0.05, 0.1) is 20.6 Å². The second kappa shape index (κ2) is 12.9. The van der Waals surface area contributed by atoms with Gasteiger partial charge in [-0.05, 0) is 82.9 Å². The molecule has 4 rings (SSSR count). The molecule has 12 heteroatoms. The van der Waals surface area contributed by atoms with Crippen molar-refractivity contribution in [1.29, 1.82) is 0 Å². The Bertz CT molecular complexity index is 1560. The van der Waals surface area contributed by atoms with E-state index < -0.39 is 23.2 Å². The number of allylic oxidation sites excluding steroid dienone is 2. The summed E-state index contributed by atoms with van der Waals surface area (Å²) in [5.74, 6) is 0. The van der Waals surface area contributed by atoms with E-state index in [-0.39, 0.29) is 75.4 Å². The van der Waals surface area contributed by atoms with Crippen molar-refractivity contribution < 1.29 is 30.6 Å². The summed E-state index contributed by atoms with van der Waals surface area (Å²) in [6.45, 7) is 0. The standard InChI is InChI=1S/C30H16Cl4F6OS/c31-21-11-19(12-22(32)15-21)27-17(7-9-29(35,36)37)3-1-5-25(27)42(41)26-6-2-4-18(8-10-30(38,39)40)28(26)20-13-23(33)16-24(34)14-20/h1-16H/b9-7+,10-8+. The van der Waals surface area contributed by atoms with Crippen LogP contribution in [0.1, 0.15) is 11.1 Å². The number of alkyl halides is 6. The van der Waals surface area contributed by atoms with E-state index in [0.717, 1.165) is 12.2 Å². The maximum atomic E-state index is 14.4. The molecule has 0 N–H and O–H groups in total. The third-order valence-electron chi connectivity index (χ3n) is 5.72. The minimum absolute atomic E-state index is 0.0344. The van der Waals surface area contributed by atoms with E-state index in [1.54, 1.807) is 0 Å². The molecule has 0 unspecified atom stereocenters. The zero-order chi connectivity index (χ0) is 30.8. The average Bonchev–Trinajstić information content (AvgIpc) is 2.88. The molecule has 4 aromatic carbocycles. The molecule has 1 nitrogen and oxygen atoms in total. The number of benzene rings is 4. The van der Waals surface area contributed by atoms with Gasteiger partial charge in [-0.3, -0.25) is 0 Å². The third-order valence-corrected chi connectivity index (χ3v) is 8.07. The first kappa shape index (κ1) is 32.2. The van der Waals surface area contributed by atoms with Crippen LogP contribution in [-0.4, -0.2) is 16.6 Å². The fourth-order valence-electron chi connectivity index (χ4n) is 4.18. The lowest BCUT2D eigenvalue weighted by Gasteiger charge is -2.18. The second-order valence-electron chi connectivity index (χ2n) is 8.78. The minimum atomic E-state index is -4.64. The third kappa shape index (κ3) is 8.20. The molecular formula is C30H16Cl4F6OS. The van der Waals surface area contributed by atoms with E-state index in [0.29, 0.717) is 0 Å². The van der Waals surface area contributed by atoms with Crippen molar-refractivity contribution in [1.82, 2.24) is 0 Å². The molecule has 0 heterocycles. The average molecular weight is 680 g/mol. The normalized spacial score (nSPS) is 12.6. The monoisotopic (exact) mass is 678 g/mol. The van der Waals surface area contributed by atoms with Crippen molar-refractivity contribution in [3.05, 3.63) is 116 Å². The van der Waals surface area contributed by atoms with Gasteiger partial charge in [0.1, 0.15) is 0 Å². The summed E-state index contributed by atoms with van der Waals surface area (Å²) in [5.41, 5.74) is 0.922. The molecule has 0 aliphatic heterocycles. The maximum absolute atomic E-state index is 14.4. The van der Waals surface area contributed by atoms with E-state index in [1.807, 2.05) is 0 Å². The maximum Gasteiger partial charge on any atom is 0.409 e. The van der Waals surface area contributed by atoms with Crippen LogP contribution in [0.5, 0.6) is 0 Å². The van der Waals surface area contributed by atoms with Crippen LogP contribution in [0.4, 0.5) is 26.3 Å². The van der Waals surface area contributed by atoms with Crippen molar-refractivity contribution in [2.45, 2.75) is 22.1 Å².